The number of amides is 1. The number of hydrogen-bond acceptors (Lipinski definition) is 18. The molecule has 0 saturated carbocycles. The molecule has 10 aromatic rings. The lowest BCUT2D eigenvalue weighted by Gasteiger charge is -2.19. The fourth-order valence-corrected chi connectivity index (χ4v) is 8.11. The predicted molar refractivity (Wildman–Crippen MR) is 365 cm³/mol. The number of nitrogens with one attached hydrogen (secondary N) is 1. The molecule has 0 atom stereocenters. The van der Waals surface area contributed by atoms with E-state index in [0.717, 1.165) is 12.1 Å². The lowest BCUT2D eigenvalue weighted by Crippen LogP contribution is -2.31. The molecule has 0 radical (unpaired) electrons. The van der Waals surface area contributed by atoms with Crippen LogP contribution in [0.1, 0.15) is 80.0 Å². The number of nitrogens with zero attached hydrogens (tertiary/aromatic N) is 5. The third kappa shape index (κ3) is 27.5. The van der Waals surface area contributed by atoms with E-state index >= 15 is 0 Å². The first kappa shape index (κ1) is 83.9. The maximum atomic E-state index is 13.1. The van der Waals surface area contributed by atoms with Gasteiger partial charge in [0.05, 0.1) is 62.1 Å². The van der Waals surface area contributed by atoms with Crippen molar-refractivity contribution in [1.82, 2.24) is 19.9 Å². The van der Waals surface area contributed by atoms with E-state index in [1.54, 1.807) is 63.4 Å². The van der Waals surface area contributed by atoms with E-state index in [1.165, 1.54) is 174 Å². The van der Waals surface area contributed by atoms with Crippen molar-refractivity contribution < 1.29 is 98.7 Å². The second kappa shape index (κ2) is 41.8. The third-order valence-corrected chi connectivity index (χ3v) is 12.9. The number of anilines is 1. The summed E-state index contributed by atoms with van der Waals surface area (Å²) in [5.74, 6) is -6.28. The summed E-state index contributed by atoms with van der Waals surface area (Å²) in [7, 11) is 3.61. The Balaban J connectivity index is 0.000000310. The number of benzene rings is 5. The Kier molecular flexibility index (Phi) is 34.8. The number of halogens is 9. The van der Waals surface area contributed by atoms with Crippen LogP contribution in [-0.2, 0) is 23.7 Å². The SMILES string of the molecule is C.CC(C)(C)OC(=O)Nc1c(F)cccc1F.COC(=O)c1ccc(Cl)nc1-c1ccc(F)cc1.COC(=O)c1ccc[n+]([O-])c1-c1ccc(F)cc1.COC(=O)c1cccnc1-c1ccc(F)cc1.COC(=O)c1cccnc1Cl.O=C(O)c1cccnc1Cl.OB(O)c1ccc(F)cc1. The number of aromatic carboxylic acids is 1. The standard InChI is InChI=1S/C13H9ClFNO2.C13H10FNO3.C13H10FNO2.C11H13F2NO2.C7H6ClNO2.C6H6BFO2.C6H4ClNO2.CH4/c1-18-13(17)10-6-7-11(14)16-12(10)8-2-4-9(15)5-3-8;1-18-13(16)11-3-2-8-15(17)12(11)9-4-6-10(14)7-5-9;1-17-13(16)11-3-2-8-15-12(11)9-4-6-10(14)7-5-9;1-11(2,3)16-10(15)14-9-7(12)5-4-6-8(9)13;1-11-7(10)5-3-2-4-9-6(5)8;8-6-3-1-5(2-4-6)7(9)10;7-5-4(6(9)10)2-1-3-8-5;/h2-7H,1H3;2-8H,1H3;2-8H,1H3;4-6H,1-3H3,(H,14,15);2-4H,1H3;1-4,9-10H;1-3H,(H,9,10);1H4. The molecule has 0 aliphatic heterocycles. The molecular weight excluding hydrogens is 1400 g/mol. The topological polar surface area (TPSA) is 300 Å². The average Bonchev–Trinajstić information content (AvgIpc) is 0.821. The Bertz CT molecular complexity index is 4360. The second-order valence-electron chi connectivity index (χ2n) is 20.2. The first-order chi connectivity index (χ1) is 47.4. The molecule has 1 amide bonds. The summed E-state index contributed by atoms with van der Waals surface area (Å²) in [5, 5.41) is 39.8. The van der Waals surface area contributed by atoms with Gasteiger partial charge in [0.15, 0.2) is 6.20 Å². The Hall–Kier alpha value is -11.3. The molecule has 0 aliphatic carbocycles. The van der Waals surface area contributed by atoms with Crippen LogP contribution >= 0.6 is 34.8 Å². The van der Waals surface area contributed by atoms with Crippen molar-refractivity contribution in [2.24, 2.45) is 0 Å². The predicted octanol–water partition coefficient (Wildman–Crippen LogP) is 14.3. The minimum atomic E-state index is -1.51. The van der Waals surface area contributed by atoms with Crippen molar-refractivity contribution in [3.05, 3.63) is 284 Å². The number of carboxylic acids is 1. The highest BCUT2D eigenvalue weighted by Gasteiger charge is 2.23. The van der Waals surface area contributed by atoms with E-state index in [-0.39, 0.29) is 68.3 Å². The van der Waals surface area contributed by atoms with Gasteiger partial charge in [0.1, 0.15) is 67.2 Å². The van der Waals surface area contributed by atoms with Crippen molar-refractivity contribution in [2.75, 3.05) is 33.8 Å². The van der Waals surface area contributed by atoms with Gasteiger partial charge in [-0.25, -0.2) is 70.1 Å². The van der Waals surface area contributed by atoms with E-state index in [0.29, 0.717) is 43.8 Å². The minimum absolute atomic E-state index is 0. The van der Waals surface area contributed by atoms with Gasteiger partial charge in [-0.15, -0.1) is 0 Å². The van der Waals surface area contributed by atoms with E-state index in [2.05, 4.69) is 38.9 Å². The molecule has 5 heterocycles. The van der Waals surface area contributed by atoms with Crippen LogP contribution in [0.3, 0.4) is 0 Å². The van der Waals surface area contributed by atoms with Gasteiger partial charge in [-0.3, -0.25) is 10.3 Å². The molecule has 21 nitrogen and oxygen atoms in total. The molecule has 10 rings (SSSR count). The monoisotopic (exact) mass is 1460 g/mol. The zero-order chi connectivity index (χ0) is 74.2. The van der Waals surface area contributed by atoms with Crippen molar-refractivity contribution in [3.63, 3.8) is 0 Å². The number of esters is 4. The van der Waals surface area contributed by atoms with Crippen molar-refractivity contribution in [3.8, 4) is 33.8 Å². The maximum Gasteiger partial charge on any atom is 0.488 e. The van der Waals surface area contributed by atoms with Crippen LogP contribution < -0.4 is 15.5 Å². The smallest absolute Gasteiger partial charge is 0.488 e. The first-order valence-corrected chi connectivity index (χ1v) is 29.5. The van der Waals surface area contributed by atoms with Gasteiger partial charge < -0.3 is 44.0 Å². The quantitative estimate of drug-likeness (QED) is 0.0188. The van der Waals surface area contributed by atoms with E-state index in [4.69, 9.17) is 54.7 Å². The van der Waals surface area contributed by atoms with Gasteiger partial charge in [0, 0.05) is 41.3 Å². The first-order valence-electron chi connectivity index (χ1n) is 28.4. The normalized spacial score (nSPS) is 9.92. The van der Waals surface area contributed by atoms with Crippen molar-refractivity contribution >= 4 is 89.0 Å². The van der Waals surface area contributed by atoms with Crippen LogP contribution in [0, 0.1) is 40.1 Å². The summed E-state index contributed by atoms with van der Waals surface area (Å²) in [4.78, 5) is 82.7. The third-order valence-electron chi connectivity index (χ3n) is 12.1. The lowest BCUT2D eigenvalue weighted by atomic mass is 9.80. The Morgan fingerprint density at radius 1 is 0.485 bits per heavy atom. The second-order valence-corrected chi connectivity index (χ2v) is 21.3. The average molecular weight is 1460 g/mol. The van der Waals surface area contributed by atoms with Crippen LogP contribution in [0.4, 0.5) is 36.8 Å². The number of pyridine rings is 5. The van der Waals surface area contributed by atoms with Crippen molar-refractivity contribution in [2.45, 2.75) is 33.8 Å². The number of rotatable bonds is 10. The number of para-hydroxylation sites is 1. The number of ether oxygens (including phenoxy) is 5. The van der Waals surface area contributed by atoms with E-state index in [1.807, 2.05) is 5.32 Å². The molecule has 101 heavy (non-hydrogen) atoms. The molecule has 528 valence electrons. The largest absolute Gasteiger partial charge is 0.618 e. The number of methoxy groups -OCH3 is 4. The fourth-order valence-electron chi connectivity index (χ4n) is 7.56. The molecule has 31 heteroatoms. The highest BCUT2D eigenvalue weighted by atomic mass is 35.5. The minimum Gasteiger partial charge on any atom is -0.618 e. The molecule has 0 saturated heterocycles. The molecule has 0 fully saturated rings. The van der Waals surface area contributed by atoms with Crippen LogP contribution in [0.15, 0.2) is 201 Å². The summed E-state index contributed by atoms with van der Waals surface area (Å²) in [6.07, 6.45) is 4.90. The van der Waals surface area contributed by atoms with Gasteiger partial charge in [-0.2, -0.15) is 4.73 Å². The van der Waals surface area contributed by atoms with Gasteiger partial charge in [-0.1, -0.05) is 60.4 Å². The summed E-state index contributed by atoms with van der Waals surface area (Å²) in [6, 6.07) is 40.4. The van der Waals surface area contributed by atoms with Gasteiger partial charge >= 0.3 is 43.1 Å². The molecule has 0 unspecified atom stereocenters. The zero-order valence-electron chi connectivity index (χ0n) is 53.5. The molecule has 0 spiro atoms. The molecule has 5 aromatic heterocycles. The van der Waals surface area contributed by atoms with Gasteiger partial charge in [-0.05, 0) is 178 Å². The highest BCUT2D eigenvalue weighted by molar-refractivity contribution is 6.58. The summed E-state index contributed by atoms with van der Waals surface area (Å²) >= 11 is 16.8. The molecule has 5 aromatic carbocycles. The highest BCUT2D eigenvalue weighted by Crippen LogP contribution is 2.27. The maximum absolute atomic E-state index is 13.1. The number of carbonyl (C=O) groups is 6. The summed E-state index contributed by atoms with van der Waals surface area (Å²) in [5.41, 5.74) is 2.90. The molecular formula is C70H62BCl3F6N6O15. The van der Waals surface area contributed by atoms with Gasteiger partial charge in [0.2, 0.25) is 5.69 Å². The number of carbonyl (C=O) groups excluding carboxylic acids is 5. The molecule has 0 bridgehead atoms. The Morgan fingerprint density at radius 2 is 0.871 bits per heavy atom. The van der Waals surface area contributed by atoms with Gasteiger partial charge in [0.25, 0.3) is 0 Å². The lowest BCUT2D eigenvalue weighted by molar-refractivity contribution is -0.593. The van der Waals surface area contributed by atoms with Crippen LogP contribution in [-0.4, -0.2) is 112 Å². The fraction of sp³-hybridized carbons (Fsp3) is 0.129. The van der Waals surface area contributed by atoms with Crippen molar-refractivity contribution in [1.29, 1.82) is 0 Å². The molecule has 0 aliphatic rings. The number of hydrogen-bond donors (Lipinski definition) is 4. The van der Waals surface area contributed by atoms with E-state index < -0.39 is 71.8 Å². The Morgan fingerprint density at radius 3 is 1.30 bits per heavy atom. The summed E-state index contributed by atoms with van der Waals surface area (Å²) < 4.78 is 101. The summed E-state index contributed by atoms with van der Waals surface area (Å²) in [6.45, 7) is 4.97. The Labute approximate surface area is 590 Å². The number of carboxylic acid groups (broad SMARTS) is 1. The van der Waals surface area contributed by atoms with Crippen LogP contribution in [0.5, 0.6) is 0 Å². The number of aromatic nitrogens is 5. The zero-order valence-corrected chi connectivity index (χ0v) is 55.8. The van der Waals surface area contributed by atoms with Crippen LogP contribution in [0.2, 0.25) is 15.5 Å². The van der Waals surface area contributed by atoms with E-state index in [9.17, 15) is 60.3 Å². The van der Waals surface area contributed by atoms with Crippen LogP contribution in [0.25, 0.3) is 33.8 Å². The molecule has 4 N–H and O–H groups in total.